The summed E-state index contributed by atoms with van der Waals surface area (Å²) in [6, 6.07) is 7.39. The number of hydrogen-bond acceptors (Lipinski definition) is 2. The summed E-state index contributed by atoms with van der Waals surface area (Å²) in [5.74, 6) is 0.465. The minimum atomic E-state index is -4.49. The Balaban J connectivity index is 1.74. The van der Waals surface area contributed by atoms with Crippen molar-refractivity contribution in [1.82, 2.24) is 9.88 Å². The Labute approximate surface area is 178 Å². The lowest BCUT2D eigenvalue weighted by Crippen LogP contribution is -2.38. The predicted molar refractivity (Wildman–Crippen MR) is 114 cm³/mol. The van der Waals surface area contributed by atoms with Gasteiger partial charge in [0.25, 0.3) is 0 Å². The molecule has 1 aromatic heterocycles. The topological polar surface area (TPSA) is 28.2 Å². The smallest absolute Gasteiger partial charge is 0.344 e. The number of benzene rings is 1. The van der Waals surface area contributed by atoms with Crippen LogP contribution >= 0.6 is 23.8 Å². The largest absolute Gasteiger partial charge is 0.417 e. The quantitative estimate of drug-likeness (QED) is 0.436. The lowest BCUT2D eigenvalue weighted by Gasteiger charge is -2.30. The molecule has 0 saturated carbocycles. The summed E-state index contributed by atoms with van der Waals surface area (Å²) in [5, 5.41) is 3.12. The van der Waals surface area contributed by atoms with E-state index in [1.807, 2.05) is 17.0 Å². The molecule has 1 N–H and O–H groups in total. The van der Waals surface area contributed by atoms with Gasteiger partial charge < -0.3 is 10.2 Å². The fraction of sp³-hybridized carbons (Fsp3) is 0.333. The van der Waals surface area contributed by atoms with Gasteiger partial charge in [-0.2, -0.15) is 13.2 Å². The van der Waals surface area contributed by atoms with Gasteiger partial charge in [-0.3, -0.25) is 4.98 Å². The maximum Gasteiger partial charge on any atom is 0.417 e. The molecule has 0 fully saturated rings. The van der Waals surface area contributed by atoms with E-state index in [0.717, 1.165) is 37.4 Å². The second-order valence-electron chi connectivity index (χ2n) is 7.01. The van der Waals surface area contributed by atoms with E-state index in [4.69, 9.17) is 23.8 Å². The number of pyridine rings is 1. The molecule has 0 bridgehead atoms. The second kappa shape index (κ2) is 9.59. The second-order valence-corrected chi connectivity index (χ2v) is 7.81. The number of alkyl halides is 3. The van der Waals surface area contributed by atoms with Crippen LogP contribution < -0.4 is 5.32 Å². The normalized spacial score (nSPS) is 16.5. The van der Waals surface area contributed by atoms with E-state index in [1.54, 1.807) is 12.4 Å². The van der Waals surface area contributed by atoms with E-state index >= 15 is 0 Å². The summed E-state index contributed by atoms with van der Waals surface area (Å²) in [6.45, 7) is 1.31. The van der Waals surface area contributed by atoms with Gasteiger partial charge in [-0.15, -0.1) is 0 Å². The fourth-order valence-corrected chi connectivity index (χ4v) is 3.84. The minimum Gasteiger partial charge on any atom is -0.344 e. The Morgan fingerprint density at radius 2 is 2.10 bits per heavy atom. The van der Waals surface area contributed by atoms with E-state index in [0.29, 0.717) is 23.3 Å². The first-order valence-corrected chi connectivity index (χ1v) is 10.1. The molecule has 0 amide bonds. The van der Waals surface area contributed by atoms with Gasteiger partial charge in [-0.05, 0) is 67.2 Å². The van der Waals surface area contributed by atoms with Crippen molar-refractivity contribution < 1.29 is 13.2 Å². The van der Waals surface area contributed by atoms with E-state index < -0.39 is 11.7 Å². The van der Waals surface area contributed by atoms with E-state index in [9.17, 15) is 13.2 Å². The molecule has 2 aromatic rings. The number of thiocarbonyl (C=S) groups is 1. The highest BCUT2D eigenvalue weighted by Crippen LogP contribution is 2.36. The highest BCUT2D eigenvalue weighted by atomic mass is 35.5. The molecule has 1 aromatic carbocycles. The van der Waals surface area contributed by atoms with Crippen molar-refractivity contribution in [2.24, 2.45) is 5.92 Å². The van der Waals surface area contributed by atoms with Crippen LogP contribution in [0.5, 0.6) is 0 Å². The van der Waals surface area contributed by atoms with Crippen molar-refractivity contribution in [2.75, 3.05) is 11.9 Å². The SMILES string of the molecule is FC(F)(F)c1ccc(NC(=S)N(Cc2cccnc2)CC2CC=CCC2)cc1Cl. The number of allylic oxidation sites excluding steroid dienone is 2. The van der Waals surface area contributed by atoms with Crippen LogP contribution in [0.1, 0.15) is 30.4 Å². The van der Waals surface area contributed by atoms with Gasteiger partial charge in [0, 0.05) is 31.2 Å². The van der Waals surface area contributed by atoms with Gasteiger partial charge in [0.05, 0.1) is 10.6 Å². The molecule has 1 heterocycles. The van der Waals surface area contributed by atoms with Crippen LogP contribution in [0, 0.1) is 5.92 Å². The van der Waals surface area contributed by atoms with Crippen LogP contribution in [-0.2, 0) is 12.7 Å². The van der Waals surface area contributed by atoms with Crippen LogP contribution in [0.4, 0.5) is 18.9 Å². The molecule has 0 radical (unpaired) electrons. The molecule has 1 atom stereocenters. The lowest BCUT2D eigenvalue weighted by molar-refractivity contribution is -0.137. The average molecular weight is 440 g/mol. The van der Waals surface area contributed by atoms with Crippen LogP contribution in [0.2, 0.25) is 5.02 Å². The zero-order chi connectivity index (χ0) is 20.9. The van der Waals surface area contributed by atoms with Gasteiger partial charge in [0.15, 0.2) is 5.11 Å². The summed E-state index contributed by atoms with van der Waals surface area (Å²) in [7, 11) is 0. The standard InChI is InChI=1S/C21H21ClF3N3S/c22-19-11-17(8-9-18(19)21(23,24)25)27-20(29)28(13-15-5-2-1-3-6-15)14-16-7-4-10-26-12-16/h1-2,4,7-12,15H,3,5-6,13-14H2,(H,27,29). The molecule has 0 aliphatic heterocycles. The number of aromatic nitrogens is 1. The zero-order valence-corrected chi connectivity index (χ0v) is 17.2. The van der Waals surface area contributed by atoms with Gasteiger partial charge in [-0.25, -0.2) is 0 Å². The molecule has 154 valence electrons. The van der Waals surface area contributed by atoms with Crippen LogP contribution in [0.15, 0.2) is 54.9 Å². The Morgan fingerprint density at radius 1 is 1.28 bits per heavy atom. The first kappa shape index (κ1) is 21.6. The van der Waals surface area contributed by atoms with Crippen molar-refractivity contribution in [3.8, 4) is 0 Å². The van der Waals surface area contributed by atoms with Crippen LogP contribution in [0.3, 0.4) is 0 Å². The first-order valence-electron chi connectivity index (χ1n) is 9.29. The van der Waals surface area contributed by atoms with Crippen molar-refractivity contribution in [2.45, 2.75) is 32.0 Å². The maximum absolute atomic E-state index is 12.9. The molecular formula is C21H21ClF3N3S. The summed E-state index contributed by atoms with van der Waals surface area (Å²) >= 11 is 11.4. The Morgan fingerprint density at radius 3 is 2.72 bits per heavy atom. The molecule has 29 heavy (non-hydrogen) atoms. The maximum atomic E-state index is 12.9. The number of nitrogens with one attached hydrogen (secondary N) is 1. The van der Waals surface area contributed by atoms with E-state index in [-0.39, 0.29) is 5.02 Å². The lowest BCUT2D eigenvalue weighted by atomic mass is 9.94. The Hall–Kier alpha value is -2.12. The number of nitrogens with zero attached hydrogens (tertiary/aromatic N) is 2. The third kappa shape index (κ3) is 6.18. The molecule has 0 spiro atoms. The summed E-state index contributed by atoms with van der Waals surface area (Å²) in [6.07, 6.45) is 6.47. The molecule has 8 heteroatoms. The van der Waals surface area contributed by atoms with Crippen LogP contribution in [0.25, 0.3) is 0 Å². The molecule has 3 rings (SSSR count). The monoisotopic (exact) mass is 439 g/mol. The molecule has 3 nitrogen and oxygen atoms in total. The number of halogens is 4. The molecule has 0 saturated heterocycles. The highest BCUT2D eigenvalue weighted by molar-refractivity contribution is 7.80. The van der Waals surface area contributed by atoms with Crippen molar-refractivity contribution in [3.63, 3.8) is 0 Å². The Kier molecular flexibility index (Phi) is 7.14. The minimum absolute atomic E-state index is 0.360. The number of hydrogen-bond donors (Lipinski definition) is 1. The summed E-state index contributed by atoms with van der Waals surface area (Å²) in [5.41, 5.74) is 0.568. The van der Waals surface area contributed by atoms with Gasteiger partial charge in [0.2, 0.25) is 0 Å². The third-order valence-electron chi connectivity index (χ3n) is 4.77. The third-order valence-corrected chi connectivity index (χ3v) is 5.44. The number of rotatable bonds is 5. The fourth-order valence-electron chi connectivity index (χ4n) is 3.29. The summed E-state index contributed by atoms with van der Waals surface area (Å²) < 4.78 is 38.8. The van der Waals surface area contributed by atoms with Crippen LogP contribution in [-0.4, -0.2) is 21.5 Å². The zero-order valence-electron chi connectivity index (χ0n) is 15.6. The highest BCUT2D eigenvalue weighted by Gasteiger charge is 2.33. The molecule has 1 aliphatic carbocycles. The van der Waals surface area contributed by atoms with Gasteiger partial charge in [-0.1, -0.05) is 29.8 Å². The van der Waals surface area contributed by atoms with Crippen molar-refractivity contribution in [3.05, 3.63) is 71.0 Å². The van der Waals surface area contributed by atoms with E-state index in [1.165, 1.54) is 12.1 Å². The van der Waals surface area contributed by atoms with Gasteiger partial charge in [0.1, 0.15) is 0 Å². The average Bonchev–Trinajstić information content (AvgIpc) is 2.68. The van der Waals surface area contributed by atoms with Crippen molar-refractivity contribution in [1.29, 1.82) is 0 Å². The van der Waals surface area contributed by atoms with Crippen molar-refractivity contribution >= 4 is 34.6 Å². The molecule has 1 aliphatic rings. The Bertz CT molecular complexity index is 871. The molecular weight excluding hydrogens is 419 g/mol. The predicted octanol–water partition coefficient (Wildman–Crippen LogP) is 6.31. The van der Waals surface area contributed by atoms with Gasteiger partial charge >= 0.3 is 6.18 Å². The summed E-state index contributed by atoms with van der Waals surface area (Å²) in [4.78, 5) is 6.18. The van der Waals surface area contributed by atoms with E-state index in [2.05, 4.69) is 22.5 Å². The number of anilines is 1. The first-order chi connectivity index (χ1) is 13.8. The molecule has 1 unspecified atom stereocenters.